The third kappa shape index (κ3) is 2.58. The molecule has 0 atom stereocenters. The zero-order valence-corrected chi connectivity index (χ0v) is 11.9. The van der Waals surface area contributed by atoms with E-state index in [9.17, 15) is 0 Å². The first kappa shape index (κ1) is 13.2. The summed E-state index contributed by atoms with van der Waals surface area (Å²) in [5.41, 5.74) is 6.36. The molecule has 0 radical (unpaired) electrons. The van der Waals surface area contributed by atoms with Crippen molar-refractivity contribution < 1.29 is 0 Å². The van der Waals surface area contributed by atoms with E-state index in [1.165, 1.54) is 32.1 Å². The molecule has 2 aromatic rings. The molecule has 0 aromatic carbocycles. The second-order valence-corrected chi connectivity index (χ2v) is 5.44. The van der Waals surface area contributed by atoms with Gasteiger partial charge in [0.2, 0.25) is 0 Å². The zero-order chi connectivity index (χ0) is 13.9. The predicted molar refractivity (Wildman–Crippen MR) is 73.9 cm³/mol. The quantitative estimate of drug-likeness (QED) is 0.905. The maximum atomic E-state index is 5.56. The monoisotopic (exact) mass is 275 g/mol. The van der Waals surface area contributed by atoms with Crippen molar-refractivity contribution in [3.63, 3.8) is 0 Å². The van der Waals surface area contributed by atoms with Crippen LogP contribution in [-0.4, -0.2) is 29.8 Å². The first-order valence-electron chi connectivity index (χ1n) is 7.27. The summed E-state index contributed by atoms with van der Waals surface area (Å²) in [4.78, 5) is 0. The van der Waals surface area contributed by atoms with Crippen molar-refractivity contribution in [2.45, 2.75) is 58.2 Å². The second kappa shape index (κ2) is 5.70. The van der Waals surface area contributed by atoms with Crippen LogP contribution in [0.3, 0.4) is 0 Å². The molecule has 2 aromatic heterocycles. The van der Waals surface area contributed by atoms with Crippen LogP contribution in [0, 0.1) is 6.92 Å². The fraction of sp³-hybridized carbons (Fsp3) is 0.692. The molecule has 1 saturated carbocycles. The summed E-state index contributed by atoms with van der Waals surface area (Å²) in [6.45, 7) is 3.04. The molecule has 0 spiro atoms. The topological polar surface area (TPSA) is 87.4 Å². The number of aromatic nitrogens is 6. The van der Waals surface area contributed by atoms with Gasteiger partial charge in [-0.2, -0.15) is 0 Å². The van der Waals surface area contributed by atoms with Crippen LogP contribution in [0.1, 0.15) is 55.5 Å². The second-order valence-electron chi connectivity index (χ2n) is 5.44. The van der Waals surface area contributed by atoms with E-state index in [1.54, 1.807) is 4.68 Å². The van der Waals surface area contributed by atoms with Crippen LogP contribution >= 0.6 is 0 Å². The molecule has 0 aliphatic heterocycles. The van der Waals surface area contributed by atoms with E-state index in [0.29, 0.717) is 19.1 Å². The van der Waals surface area contributed by atoms with Crippen LogP contribution in [0.25, 0.3) is 0 Å². The average molecular weight is 275 g/mol. The summed E-state index contributed by atoms with van der Waals surface area (Å²) in [5, 5.41) is 16.6. The number of rotatable bonds is 4. The molecule has 0 unspecified atom stereocenters. The zero-order valence-electron chi connectivity index (χ0n) is 11.9. The van der Waals surface area contributed by atoms with Crippen LogP contribution in [-0.2, 0) is 13.1 Å². The molecule has 1 aliphatic rings. The highest BCUT2D eigenvalue weighted by molar-refractivity contribution is 5.00. The van der Waals surface area contributed by atoms with Crippen molar-refractivity contribution in [2.24, 2.45) is 5.73 Å². The van der Waals surface area contributed by atoms with Gasteiger partial charge < -0.3 is 10.3 Å². The van der Waals surface area contributed by atoms with Gasteiger partial charge in [0.15, 0.2) is 5.82 Å². The largest absolute Gasteiger partial charge is 0.325 e. The Hall–Kier alpha value is -1.76. The molecule has 0 bridgehead atoms. The summed E-state index contributed by atoms with van der Waals surface area (Å²) in [5.74, 6) is 1.95. The lowest BCUT2D eigenvalue weighted by Crippen LogP contribution is -2.18. The summed E-state index contributed by atoms with van der Waals surface area (Å²) >= 11 is 0. The Balaban J connectivity index is 1.82. The highest BCUT2D eigenvalue weighted by Crippen LogP contribution is 2.29. The minimum atomic E-state index is 0.411. The van der Waals surface area contributed by atoms with Crippen LogP contribution < -0.4 is 5.73 Å². The van der Waals surface area contributed by atoms with Gasteiger partial charge in [0.1, 0.15) is 12.4 Å². The van der Waals surface area contributed by atoms with Crippen LogP contribution in [0.15, 0.2) is 6.20 Å². The fourth-order valence-electron chi connectivity index (χ4n) is 2.99. The molecule has 3 rings (SSSR count). The predicted octanol–water partition coefficient (Wildman–Crippen LogP) is 1.19. The fourth-order valence-corrected chi connectivity index (χ4v) is 2.99. The number of nitrogens with zero attached hydrogens (tertiary/aromatic N) is 6. The van der Waals surface area contributed by atoms with Crippen molar-refractivity contribution in [1.82, 2.24) is 29.8 Å². The van der Waals surface area contributed by atoms with E-state index in [-0.39, 0.29) is 0 Å². The minimum absolute atomic E-state index is 0.411. The van der Waals surface area contributed by atoms with Gasteiger partial charge in [0.05, 0.1) is 11.9 Å². The Morgan fingerprint density at radius 3 is 2.70 bits per heavy atom. The third-order valence-electron chi connectivity index (χ3n) is 3.98. The smallest absolute Gasteiger partial charge is 0.155 e. The molecule has 1 fully saturated rings. The van der Waals surface area contributed by atoms with E-state index >= 15 is 0 Å². The number of hydrogen-bond donors (Lipinski definition) is 1. The highest BCUT2D eigenvalue weighted by atomic mass is 15.4. The highest BCUT2D eigenvalue weighted by Gasteiger charge is 2.21. The molecule has 7 nitrogen and oxygen atoms in total. The first-order chi connectivity index (χ1) is 9.78. The van der Waals surface area contributed by atoms with Gasteiger partial charge in [-0.25, -0.2) is 4.68 Å². The Morgan fingerprint density at radius 1 is 1.20 bits per heavy atom. The van der Waals surface area contributed by atoms with Gasteiger partial charge in [-0.05, 0) is 19.8 Å². The summed E-state index contributed by atoms with van der Waals surface area (Å²) < 4.78 is 4.06. The Labute approximate surface area is 118 Å². The van der Waals surface area contributed by atoms with Gasteiger partial charge in [-0.15, -0.1) is 15.3 Å². The van der Waals surface area contributed by atoms with Gasteiger partial charge in [-0.3, -0.25) is 0 Å². The minimum Gasteiger partial charge on any atom is -0.325 e. The van der Waals surface area contributed by atoms with Crippen LogP contribution in [0.4, 0.5) is 0 Å². The molecule has 0 amide bonds. The van der Waals surface area contributed by atoms with Crippen LogP contribution in [0.2, 0.25) is 0 Å². The molecular weight excluding hydrogens is 254 g/mol. The lowest BCUT2D eigenvalue weighted by Gasteiger charge is -2.25. The van der Waals surface area contributed by atoms with E-state index in [1.807, 2.05) is 13.1 Å². The summed E-state index contributed by atoms with van der Waals surface area (Å²) in [6.07, 6.45) is 8.24. The molecule has 108 valence electrons. The van der Waals surface area contributed by atoms with Gasteiger partial charge in [-0.1, -0.05) is 24.5 Å². The van der Waals surface area contributed by atoms with Crippen molar-refractivity contribution >= 4 is 0 Å². The Kier molecular flexibility index (Phi) is 3.77. The SMILES string of the molecule is Cc1nnc(Cn2cc(CN)nn2)n1C1CCCCC1. The van der Waals surface area contributed by atoms with Crippen molar-refractivity contribution in [1.29, 1.82) is 0 Å². The maximum Gasteiger partial charge on any atom is 0.155 e. The van der Waals surface area contributed by atoms with Crippen molar-refractivity contribution in [3.8, 4) is 0 Å². The third-order valence-corrected chi connectivity index (χ3v) is 3.98. The number of nitrogens with two attached hydrogens (primary N) is 1. The first-order valence-corrected chi connectivity index (χ1v) is 7.27. The van der Waals surface area contributed by atoms with Crippen molar-refractivity contribution in [3.05, 3.63) is 23.5 Å². The lowest BCUT2D eigenvalue weighted by atomic mass is 9.95. The summed E-state index contributed by atoms with van der Waals surface area (Å²) in [6, 6.07) is 0.534. The summed E-state index contributed by atoms with van der Waals surface area (Å²) in [7, 11) is 0. The van der Waals surface area contributed by atoms with Gasteiger partial charge >= 0.3 is 0 Å². The number of aryl methyl sites for hydroxylation is 1. The van der Waals surface area contributed by atoms with E-state index in [4.69, 9.17) is 5.73 Å². The molecular formula is C13H21N7. The van der Waals surface area contributed by atoms with E-state index in [0.717, 1.165) is 17.3 Å². The molecule has 7 heteroatoms. The Bertz CT molecular complexity index is 565. The van der Waals surface area contributed by atoms with Crippen LogP contribution in [0.5, 0.6) is 0 Å². The van der Waals surface area contributed by atoms with Crippen molar-refractivity contribution in [2.75, 3.05) is 0 Å². The molecule has 20 heavy (non-hydrogen) atoms. The van der Waals surface area contributed by atoms with E-state index in [2.05, 4.69) is 25.1 Å². The molecule has 2 N–H and O–H groups in total. The van der Waals surface area contributed by atoms with Gasteiger partial charge in [0.25, 0.3) is 0 Å². The Morgan fingerprint density at radius 2 is 2.00 bits per heavy atom. The standard InChI is InChI=1S/C13H21N7/c1-10-15-17-13(9-19-8-11(7-14)16-18-19)20(10)12-5-3-2-4-6-12/h8,12H,2-7,9,14H2,1H3. The molecule has 1 aliphatic carbocycles. The molecule has 0 saturated heterocycles. The lowest BCUT2D eigenvalue weighted by molar-refractivity contribution is 0.338. The average Bonchev–Trinajstić information content (AvgIpc) is 3.07. The number of hydrogen-bond acceptors (Lipinski definition) is 5. The normalized spacial score (nSPS) is 16.7. The van der Waals surface area contributed by atoms with E-state index < -0.39 is 0 Å². The molecule has 2 heterocycles. The van der Waals surface area contributed by atoms with Gasteiger partial charge in [0, 0.05) is 12.6 Å². The maximum absolute atomic E-state index is 5.56.